The van der Waals surface area contributed by atoms with Crippen LogP contribution in [-0.2, 0) is 9.53 Å². The molecular weight excluding hydrogens is 338 g/mol. The van der Waals surface area contributed by atoms with Crippen molar-refractivity contribution < 1.29 is 9.53 Å². The minimum Gasteiger partial charge on any atom is -0.379 e. The zero-order chi connectivity index (χ0) is 21.1. The van der Waals surface area contributed by atoms with E-state index in [4.69, 9.17) is 4.74 Å². The largest absolute Gasteiger partial charge is 0.379 e. The lowest BCUT2D eigenvalue weighted by atomic mass is 10.2. The predicted molar refractivity (Wildman–Crippen MR) is 119 cm³/mol. The molecule has 0 N–H and O–H groups in total. The lowest BCUT2D eigenvalue weighted by Gasteiger charge is -2.34. The number of carbonyl (C=O) groups excluding carboxylic acids is 1. The third-order valence-electron chi connectivity index (χ3n) is 4.20. The van der Waals surface area contributed by atoms with Crippen LogP contribution < -0.4 is 0 Å². The molecule has 0 bridgehead atoms. The average molecular weight is 384 g/mol. The first-order valence-electron chi connectivity index (χ1n) is 10.4. The summed E-state index contributed by atoms with van der Waals surface area (Å²) in [7, 11) is 0. The molecule has 27 heavy (non-hydrogen) atoms. The minimum absolute atomic E-state index is 0.336. The van der Waals surface area contributed by atoms with Crippen LogP contribution in [-0.4, -0.2) is 92.6 Å². The molecule has 0 radical (unpaired) electrons. The van der Waals surface area contributed by atoms with Crippen LogP contribution in [0.3, 0.4) is 0 Å². The van der Waals surface area contributed by atoms with Gasteiger partial charge in [0, 0.05) is 45.3 Å². The maximum absolute atomic E-state index is 10.9. The van der Waals surface area contributed by atoms with Gasteiger partial charge in [-0.15, -0.1) is 6.58 Å². The van der Waals surface area contributed by atoms with E-state index in [1.807, 2.05) is 20.8 Å². The summed E-state index contributed by atoms with van der Waals surface area (Å²) in [6.07, 6.45) is 2.74. The van der Waals surface area contributed by atoms with E-state index in [1.54, 1.807) is 6.08 Å². The summed E-state index contributed by atoms with van der Waals surface area (Å²) in [5, 5.41) is 0. The summed E-state index contributed by atoms with van der Waals surface area (Å²) in [5.41, 5.74) is 1.19. The lowest BCUT2D eigenvalue weighted by molar-refractivity contribution is -0.109. The number of likely N-dealkylation sites (N-methyl/N-ethyl adjacent to an activating group) is 1. The highest BCUT2D eigenvalue weighted by Crippen LogP contribution is 2.06. The fraction of sp³-hybridized carbons (Fsp3) is 0.773. The molecule has 1 aliphatic heterocycles. The van der Waals surface area contributed by atoms with Crippen molar-refractivity contribution in [1.82, 2.24) is 14.7 Å². The fourth-order valence-electron chi connectivity index (χ4n) is 2.88. The number of rotatable bonds is 5. The third kappa shape index (κ3) is 15.7. The topological polar surface area (TPSA) is 36.0 Å². The summed E-state index contributed by atoms with van der Waals surface area (Å²) in [6.45, 7) is 28.5. The van der Waals surface area contributed by atoms with E-state index in [-0.39, 0.29) is 0 Å². The molecule has 0 aromatic carbocycles. The maximum Gasteiger partial charge on any atom is 0.133 e. The van der Waals surface area contributed by atoms with Gasteiger partial charge in [-0.05, 0) is 27.3 Å². The van der Waals surface area contributed by atoms with Crippen molar-refractivity contribution in [2.45, 2.75) is 47.6 Å². The van der Waals surface area contributed by atoms with Crippen LogP contribution in [0.25, 0.3) is 0 Å². The van der Waals surface area contributed by atoms with Crippen molar-refractivity contribution in [3.63, 3.8) is 0 Å². The van der Waals surface area contributed by atoms with Gasteiger partial charge in [-0.1, -0.05) is 39.0 Å². The zero-order valence-corrected chi connectivity index (χ0v) is 18.9. The van der Waals surface area contributed by atoms with E-state index < -0.39 is 0 Å². The molecule has 1 rings (SSSR count). The van der Waals surface area contributed by atoms with Gasteiger partial charge in [0.05, 0.1) is 19.8 Å². The van der Waals surface area contributed by atoms with Gasteiger partial charge in [0.15, 0.2) is 0 Å². The summed E-state index contributed by atoms with van der Waals surface area (Å²) in [5.74, 6) is 0. The lowest BCUT2D eigenvalue weighted by Crippen LogP contribution is -2.47. The first kappa shape index (κ1) is 28.2. The molecule has 1 fully saturated rings. The molecule has 1 saturated heterocycles. The molecule has 0 saturated carbocycles. The molecule has 0 aromatic heterocycles. The summed E-state index contributed by atoms with van der Waals surface area (Å²) in [4.78, 5) is 18.0. The standard InChI is InChI=1S/C17H33N3O2.C3H6.C2H6/c1-5-18-6-7-19(14-16(2)3)15-17(4)20(8-11-21)10-13-22-12-9-18;1-3-2;1-2/h11,17H,2,5-10,12-15H2,1,3-4H3;3H,1H2,2H3;1-2H3. The van der Waals surface area contributed by atoms with Crippen LogP contribution in [0.1, 0.15) is 41.5 Å². The molecule has 5 nitrogen and oxygen atoms in total. The first-order chi connectivity index (χ1) is 13.0. The van der Waals surface area contributed by atoms with Crippen molar-refractivity contribution in [1.29, 1.82) is 0 Å². The van der Waals surface area contributed by atoms with Crippen LogP contribution in [0.5, 0.6) is 0 Å². The smallest absolute Gasteiger partial charge is 0.133 e. The number of ether oxygens (including phenoxy) is 1. The molecule has 0 amide bonds. The van der Waals surface area contributed by atoms with E-state index in [0.29, 0.717) is 19.2 Å². The average Bonchev–Trinajstić information content (AvgIpc) is 2.63. The normalized spacial score (nSPS) is 20.6. The molecule has 160 valence electrons. The minimum atomic E-state index is 0.336. The van der Waals surface area contributed by atoms with Crippen LogP contribution in [0.15, 0.2) is 24.8 Å². The van der Waals surface area contributed by atoms with Gasteiger partial charge < -0.3 is 14.4 Å². The Bertz CT molecular complexity index is 375. The Kier molecular flexibility index (Phi) is 20.6. The Labute approximate surface area is 169 Å². The Morgan fingerprint density at radius 1 is 1.15 bits per heavy atom. The van der Waals surface area contributed by atoms with E-state index in [9.17, 15) is 4.79 Å². The Morgan fingerprint density at radius 3 is 2.22 bits per heavy atom. The number of carbonyl (C=O) groups is 1. The van der Waals surface area contributed by atoms with Crippen molar-refractivity contribution >= 4 is 6.29 Å². The van der Waals surface area contributed by atoms with Gasteiger partial charge in [-0.25, -0.2) is 0 Å². The van der Waals surface area contributed by atoms with Gasteiger partial charge >= 0.3 is 0 Å². The van der Waals surface area contributed by atoms with Gasteiger partial charge in [0.2, 0.25) is 0 Å². The van der Waals surface area contributed by atoms with Crippen molar-refractivity contribution in [2.75, 3.05) is 65.6 Å². The zero-order valence-electron chi connectivity index (χ0n) is 18.9. The third-order valence-corrected chi connectivity index (χ3v) is 4.20. The number of hydrogen-bond acceptors (Lipinski definition) is 5. The molecule has 0 aromatic rings. The monoisotopic (exact) mass is 383 g/mol. The van der Waals surface area contributed by atoms with E-state index in [0.717, 1.165) is 58.7 Å². The van der Waals surface area contributed by atoms with Crippen LogP contribution in [0, 0.1) is 0 Å². The predicted octanol–water partition coefficient (Wildman–Crippen LogP) is 3.32. The second-order valence-electron chi connectivity index (χ2n) is 6.66. The first-order valence-corrected chi connectivity index (χ1v) is 10.4. The molecule has 0 spiro atoms. The molecular formula is C22H45N3O2. The summed E-state index contributed by atoms with van der Waals surface area (Å²) < 4.78 is 5.73. The maximum atomic E-state index is 10.9. The molecule has 5 heteroatoms. The molecule has 1 aliphatic rings. The van der Waals surface area contributed by atoms with Gasteiger partial charge in [0.25, 0.3) is 0 Å². The molecule has 1 atom stereocenters. The van der Waals surface area contributed by atoms with Crippen LogP contribution in [0.4, 0.5) is 0 Å². The van der Waals surface area contributed by atoms with Crippen molar-refractivity contribution in [3.8, 4) is 0 Å². The SMILES string of the molecule is C=C(C)CN1CCN(CC)CCOCCN(CC=O)C(C)C1.C=CC.CC. The highest BCUT2D eigenvalue weighted by molar-refractivity contribution is 5.52. The quantitative estimate of drug-likeness (QED) is 0.538. The van der Waals surface area contributed by atoms with E-state index in [1.165, 1.54) is 5.57 Å². The highest BCUT2D eigenvalue weighted by Gasteiger charge is 2.18. The van der Waals surface area contributed by atoms with Gasteiger partial charge in [0.1, 0.15) is 6.29 Å². The van der Waals surface area contributed by atoms with E-state index >= 15 is 0 Å². The molecule has 1 heterocycles. The molecule has 0 aliphatic carbocycles. The summed E-state index contributed by atoms with van der Waals surface area (Å²) in [6, 6.07) is 0.336. The van der Waals surface area contributed by atoms with E-state index in [2.05, 4.69) is 48.6 Å². The summed E-state index contributed by atoms with van der Waals surface area (Å²) >= 11 is 0. The fourth-order valence-corrected chi connectivity index (χ4v) is 2.88. The second-order valence-corrected chi connectivity index (χ2v) is 6.66. The Morgan fingerprint density at radius 2 is 1.70 bits per heavy atom. The van der Waals surface area contributed by atoms with Gasteiger partial charge in [-0.2, -0.15) is 0 Å². The number of allylic oxidation sites excluding steroid dienone is 1. The second kappa shape index (κ2) is 19.7. The Balaban J connectivity index is 0. The van der Waals surface area contributed by atoms with Crippen LogP contribution in [0.2, 0.25) is 0 Å². The molecule has 1 unspecified atom stereocenters. The number of nitrogens with zero attached hydrogens (tertiary/aromatic N) is 3. The van der Waals surface area contributed by atoms with Gasteiger partial charge in [-0.3, -0.25) is 9.80 Å². The Hall–Kier alpha value is -1.01. The van der Waals surface area contributed by atoms with Crippen molar-refractivity contribution in [2.24, 2.45) is 0 Å². The number of hydrogen-bond donors (Lipinski definition) is 0. The van der Waals surface area contributed by atoms with Crippen LogP contribution >= 0.6 is 0 Å². The van der Waals surface area contributed by atoms with Crippen molar-refractivity contribution in [3.05, 3.63) is 24.8 Å². The number of aldehydes is 1. The highest BCUT2D eigenvalue weighted by atomic mass is 16.5.